The van der Waals surface area contributed by atoms with E-state index >= 15 is 0 Å². The van der Waals surface area contributed by atoms with E-state index in [0.29, 0.717) is 16.3 Å². The summed E-state index contributed by atoms with van der Waals surface area (Å²) in [7, 11) is 0. The molecule has 3 aromatic carbocycles. The molecule has 2 N–H and O–H groups in total. The number of aromatic nitrogens is 1. The van der Waals surface area contributed by atoms with Crippen molar-refractivity contribution in [3.63, 3.8) is 0 Å². The van der Waals surface area contributed by atoms with Crippen LogP contribution in [0, 0.1) is 17.0 Å². The van der Waals surface area contributed by atoms with Crippen molar-refractivity contribution >= 4 is 67.8 Å². The number of rotatable bonds is 4. The molecule has 0 aliphatic carbocycles. The Morgan fingerprint density at radius 3 is 2.66 bits per heavy atom. The number of hydrogen-bond donors (Lipinski definition) is 2. The number of nitrogens with zero attached hydrogens (tertiary/aromatic N) is 2. The molecule has 10 heteroatoms. The molecule has 0 saturated heterocycles. The van der Waals surface area contributed by atoms with Gasteiger partial charge in [0.1, 0.15) is 5.01 Å². The minimum absolute atomic E-state index is 0.0435. The number of benzene rings is 3. The minimum Gasteiger partial charge on any atom is -0.332 e. The number of fused-ring (bicyclic) bond motifs is 1. The molecule has 0 fully saturated rings. The van der Waals surface area contributed by atoms with Crippen LogP contribution in [0.3, 0.4) is 0 Å². The second kappa shape index (κ2) is 8.99. The van der Waals surface area contributed by atoms with Crippen molar-refractivity contribution in [1.29, 1.82) is 0 Å². The quantitative estimate of drug-likeness (QED) is 0.211. The Morgan fingerprint density at radius 1 is 1.16 bits per heavy atom. The van der Waals surface area contributed by atoms with Gasteiger partial charge < -0.3 is 5.32 Å². The summed E-state index contributed by atoms with van der Waals surface area (Å²) < 4.78 is 1.07. The maximum atomic E-state index is 12.4. The summed E-state index contributed by atoms with van der Waals surface area (Å²) in [6, 6.07) is 17.4. The standard InChI is InChI=1S/C22H15ClN4O3S2/c1-12-6-7-13(10-18(12)27(29)30)20(28)26-22(31)24-14-8-9-15(16(23)11-14)21-25-17-4-2-3-5-19(17)32-21/h2-11H,1H3,(H2,24,26,28,31). The number of nitrogens with one attached hydrogen (secondary N) is 2. The van der Waals surface area contributed by atoms with Gasteiger partial charge in [-0.1, -0.05) is 29.8 Å². The van der Waals surface area contributed by atoms with Crippen LogP contribution >= 0.6 is 35.2 Å². The molecule has 0 spiro atoms. The van der Waals surface area contributed by atoms with Crippen molar-refractivity contribution in [3.8, 4) is 10.6 Å². The fraction of sp³-hybridized carbons (Fsp3) is 0.0455. The van der Waals surface area contributed by atoms with Gasteiger partial charge in [-0.3, -0.25) is 20.2 Å². The van der Waals surface area contributed by atoms with Crippen molar-refractivity contribution in [1.82, 2.24) is 10.3 Å². The first-order valence-electron chi connectivity index (χ1n) is 9.34. The number of amides is 1. The maximum Gasteiger partial charge on any atom is 0.273 e. The largest absolute Gasteiger partial charge is 0.332 e. The number of aryl methyl sites for hydroxylation is 1. The summed E-state index contributed by atoms with van der Waals surface area (Å²) in [5.74, 6) is -0.553. The van der Waals surface area contributed by atoms with Crippen molar-refractivity contribution in [2.45, 2.75) is 6.92 Å². The molecule has 0 atom stereocenters. The summed E-state index contributed by atoms with van der Waals surface area (Å²) >= 11 is 13.2. The fourth-order valence-corrected chi connectivity index (χ4v) is 4.58. The number of carbonyl (C=O) groups is 1. The SMILES string of the molecule is Cc1ccc(C(=O)NC(=S)Nc2ccc(-c3nc4ccccc4s3)c(Cl)c2)cc1[N+](=O)[O-]. The topological polar surface area (TPSA) is 97.2 Å². The molecule has 7 nitrogen and oxygen atoms in total. The van der Waals surface area contributed by atoms with E-state index in [1.54, 1.807) is 30.4 Å². The van der Waals surface area contributed by atoms with E-state index in [0.717, 1.165) is 20.8 Å². The lowest BCUT2D eigenvalue weighted by Crippen LogP contribution is -2.34. The summed E-state index contributed by atoms with van der Waals surface area (Å²) in [5, 5.41) is 17.8. The highest BCUT2D eigenvalue weighted by molar-refractivity contribution is 7.80. The Kier molecular flexibility index (Phi) is 6.13. The Hall–Kier alpha value is -3.40. The third-order valence-electron chi connectivity index (χ3n) is 4.65. The molecular weight excluding hydrogens is 468 g/mol. The van der Waals surface area contributed by atoms with Crippen LogP contribution in [0.15, 0.2) is 60.7 Å². The van der Waals surface area contributed by atoms with Crippen LogP contribution in [0.2, 0.25) is 5.02 Å². The molecule has 0 aliphatic rings. The number of carbonyl (C=O) groups excluding carboxylic acids is 1. The first-order valence-corrected chi connectivity index (χ1v) is 10.9. The highest BCUT2D eigenvalue weighted by Gasteiger charge is 2.16. The first kappa shape index (κ1) is 21.8. The summed E-state index contributed by atoms with van der Waals surface area (Å²) in [6.45, 7) is 1.60. The van der Waals surface area contributed by atoms with E-state index in [4.69, 9.17) is 23.8 Å². The molecule has 0 saturated carbocycles. The van der Waals surface area contributed by atoms with Gasteiger partial charge in [0.2, 0.25) is 0 Å². The Balaban J connectivity index is 1.47. The molecule has 1 heterocycles. The number of nitro benzene ring substituents is 1. The third-order valence-corrected chi connectivity index (χ3v) is 6.23. The molecule has 0 bridgehead atoms. The average Bonchev–Trinajstić information content (AvgIpc) is 3.17. The lowest BCUT2D eigenvalue weighted by molar-refractivity contribution is -0.385. The van der Waals surface area contributed by atoms with E-state index in [-0.39, 0.29) is 16.4 Å². The van der Waals surface area contributed by atoms with Crippen molar-refractivity contribution in [3.05, 3.63) is 86.9 Å². The fourth-order valence-electron chi connectivity index (χ4n) is 3.04. The molecule has 0 aliphatic heterocycles. The van der Waals surface area contributed by atoms with E-state index in [1.165, 1.54) is 18.2 Å². The number of halogens is 1. The summed E-state index contributed by atoms with van der Waals surface area (Å²) in [6.07, 6.45) is 0. The molecule has 0 radical (unpaired) electrons. The number of thiocarbonyl (C=S) groups is 1. The Morgan fingerprint density at radius 2 is 1.94 bits per heavy atom. The molecule has 160 valence electrons. The van der Waals surface area contributed by atoms with E-state index < -0.39 is 10.8 Å². The average molecular weight is 483 g/mol. The van der Waals surface area contributed by atoms with Crippen LogP contribution < -0.4 is 10.6 Å². The molecule has 0 unspecified atom stereocenters. The number of thiazole rings is 1. The van der Waals surface area contributed by atoms with Crippen molar-refractivity contribution in [2.75, 3.05) is 5.32 Å². The van der Waals surface area contributed by atoms with Crippen molar-refractivity contribution < 1.29 is 9.72 Å². The smallest absolute Gasteiger partial charge is 0.273 e. The zero-order chi connectivity index (χ0) is 22.8. The van der Waals surface area contributed by atoms with Gasteiger partial charge in [0, 0.05) is 28.4 Å². The zero-order valence-corrected chi connectivity index (χ0v) is 19.0. The van der Waals surface area contributed by atoms with Gasteiger partial charge in [-0.15, -0.1) is 11.3 Å². The molecular formula is C22H15ClN4O3S2. The van der Waals surface area contributed by atoms with Crippen molar-refractivity contribution in [2.24, 2.45) is 0 Å². The maximum absolute atomic E-state index is 12.4. The van der Waals surface area contributed by atoms with Crippen LogP contribution in [-0.2, 0) is 0 Å². The van der Waals surface area contributed by atoms with Gasteiger partial charge in [-0.25, -0.2) is 4.98 Å². The van der Waals surface area contributed by atoms with Crippen LogP contribution in [0.4, 0.5) is 11.4 Å². The lowest BCUT2D eigenvalue weighted by Gasteiger charge is -2.11. The van der Waals surface area contributed by atoms with Crippen LogP contribution in [0.25, 0.3) is 20.8 Å². The van der Waals surface area contributed by atoms with Gasteiger partial charge in [-0.05, 0) is 55.5 Å². The molecule has 1 amide bonds. The predicted octanol–water partition coefficient (Wildman–Crippen LogP) is 5.96. The second-order valence-corrected chi connectivity index (χ2v) is 8.69. The molecule has 4 rings (SSSR count). The zero-order valence-electron chi connectivity index (χ0n) is 16.6. The highest BCUT2D eigenvalue weighted by atomic mass is 35.5. The monoisotopic (exact) mass is 482 g/mol. The molecule has 32 heavy (non-hydrogen) atoms. The number of hydrogen-bond acceptors (Lipinski definition) is 6. The van der Waals surface area contributed by atoms with E-state index in [1.807, 2.05) is 30.3 Å². The van der Waals surface area contributed by atoms with Crippen LogP contribution in [0.5, 0.6) is 0 Å². The van der Waals surface area contributed by atoms with Crippen LogP contribution in [0.1, 0.15) is 15.9 Å². The molecule has 4 aromatic rings. The van der Waals surface area contributed by atoms with Crippen LogP contribution in [-0.4, -0.2) is 20.9 Å². The minimum atomic E-state index is -0.553. The van der Waals surface area contributed by atoms with Gasteiger partial charge in [0.05, 0.1) is 20.2 Å². The van der Waals surface area contributed by atoms with Gasteiger partial charge in [0.15, 0.2) is 5.11 Å². The van der Waals surface area contributed by atoms with Gasteiger partial charge in [0.25, 0.3) is 11.6 Å². The van der Waals surface area contributed by atoms with E-state index in [9.17, 15) is 14.9 Å². The van der Waals surface area contributed by atoms with Gasteiger partial charge >= 0.3 is 0 Å². The van der Waals surface area contributed by atoms with E-state index in [2.05, 4.69) is 15.6 Å². The highest BCUT2D eigenvalue weighted by Crippen LogP contribution is 2.35. The number of anilines is 1. The normalized spacial score (nSPS) is 10.7. The Bertz CT molecular complexity index is 1350. The number of nitro groups is 1. The summed E-state index contributed by atoms with van der Waals surface area (Å²) in [4.78, 5) is 27.6. The third kappa shape index (κ3) is 4.59. The number of para-hydroxylation sites is 1. The Labute approximate surface area is 197 Å². The lowest BCUT2D eigenvalue weighted by atomic mass is 10.1. The second-order valence-electron chi connectivity index (χ2n) is 6.85. The van der Waals surface area contributed by atoms with Gasteiger partial charge in [-0.2, -0.15) is 0 Å². The first-order chi connectivity index (χ1) is 15.3. The predicted molar refractivity (Wildman–Crippen MR) is 132 cm³/mol. The molecule has 1 aromatic heterocycles. The summed E-state index contributed by atoms with van der Waals surface area (Å²) in [5.41, 5.74) is 2.76.